The minimum absolute atomic E-state index is 0.339. The Morgan fingerprint density at radius 3 is 1.09 bits per heavy atom. The molecule has 0 aliphatic rings. The molecule has 0 aliphatic heterocycles. The van der Waals surface area contributed by atoms with Crippen molar-refractivity contribution in [2.24, 2.45) is 0 Å². The van der Waals surface area contributed by atoms with Crippen LogP contribution < -0.4 is 9.80 Å². The zero-order valence-electron chi connectivity index (χ0n) is 32.3. The normalized spacial score (nSPS) is 11.3. The highest BCUT2D eigenvalue weighted by Gasteiger charge is 2.28. The van der Waals surface area contributed by atoms with Crippen LogP contribution in [0.4, 0.5) is 34.1 Å². The number of nitrogens with zero attached hydrogens (tertiary/aromatic N) is 2. The van der Waals surface area contributed by atoms with E-state index >= 15 is 0 Å². The summed E-state index contributed by atoms with van der Waals surface area (Å²) in [7, 11) is 0. The van der Waals surface area contributed by atoms with Crippen molar-refractivity contribution in [1.82, 2.24) is 0 Å². The van der Waals surface area contributed by atoms with Crippen LogP contribution in [0.2, 0.25) is 0 Å². The second-order valence-electron chi connectivity index (χ2n) is 15.1. The van der Waals surface area contributed by atoms with Crippen LogP contribution >= 0.6 is 0 Å². The summed E-state index contributed by atoms with van der Waals surface area (Å²) in [6.45, 7) is 4.70. The summed E-state index contributed by atoms with van der Waals surface area (Å²) in [6.07, 6.45) is 0. The van der Waals surface area contributed by atoms with E-state index in [0.717, 1.165) is 34.1 Å². The van der Waals surface area contributed by atoms with E-state index in [1.165, 1.54) is 44.2 Å². The fourth-order valence-corrected chi connectivity index (χ4v) is 7.87. The van der Waals surface area contributed by atoms with Gasteiger partial charge in [0.05, 0.1) is 0 Å². The van der Waals surface area contributed by atoms with Gasteiger partial charge in [0.1, 0.15) is 0 Å². The number of hydrogen-bond acceptors (Lipinski definition) is 2. The van der Waals surface area contributed by atoms with Crippen LogP contribution in [0.5, 0.6) is 0 Å². The predicted octanol–water partition coefficient (Wildman–Crippen LogP) is 15.4. The maximum absolute atomic E-state index is 2.39. The lowest BCUT2D eigenvalue weighted by Gasteiger charge is -2.34. The van der Waals surface area contributed by atoms with Crippen molar-refractivity contribution in [2.75, 3.05) is 9.80 Å². The first-order valence-electron chi connectivity index (χ1n) is 19.7. The van der Waals surface area contributed by atoms with Gasteiger partial charge in [0.2, 0.25) is 0 Å². The quantitative estimate of drug-likeness (QED) is 0.138. The molecule has 9 rings (SSSR count). The van der Waals surface area contributed by atoms with Gasteiger partial charge in [-0.05, 0) is 111 Å². The molecule has 2 heteroatoms. The van der Waals surface area contributed by atoms with Crippen molar-refractivity contribution < 1.29 is 0 Å². The van der Waals surface area contributed by atoms with E-state index in [4.69, 9.17) is 0 Å². The zero-order valence-corrected chi connectivity index (χ0v) is 32.3. The number of rotatable bonds is 10. The number of hydrogen-bond donors (Lipinski definition) is 0. The van der Waals surface area contributed by atoms with Crippen LogP contribution in [0.15, 0.2) is 231 Å². The monoisotopic (exact) mass is 732 g/mol. The van der Waals surface area contributed by atoms with E-state index < -0.39 is 0 Å². The third-order valence-electron chi connectivity index (χ3n) is 11.1. The van der Waals surface area contributed by atoms with E-state index in [2.05, 4.69) is 254 Å². The molecule has 0 spiro atoms. The summed E-state index contributed by atoms with van der Waals surface area (Å²) in [5.74, 6) is 0. The molecule has 0 aliphatic carbocycles. The van der Waals surface area contributed by atoms with Crippen LogP contribution in [0.1, 0.15) is 25.0 Å². The highest BCUT2D eigenvalue weighted by Crippen LogP contribution is 2.45. The Hall–Kier alpha value is -7.16. The molecule has 0 N–H and O–H groups in total. The fourth-order valence-electron chi connectivity index (χ4n) is 7.87. The smallest absolute Gasteiger partial charge is 0.0485 e. The average Bonchev–Trinajstić information content (AvgIpc) is 3.28. The summed E-state index contributed by atoms with van der Waals surface area (Å²) < 4.78 is 0. The summed E-state index contributed by atoms with van der Waals surface area (Å²) in [6, 6.07) is 83.2. The number of para-hydroxylation sites is 2. The first-order chi connectivity index (χ1) is 28.0. The standard InChI is InChI=1S/C55H44N2/c1-55(2,47-32-27-43-21-15-16-22-46(43)37-47)48-38-53(56(49-23-11-5-12-24-49)51-33-28-44(29-34-51)41-17-7-3-8-18-41)40-54(39-48)57(50-25-13-6-14-26-50)52-35-30-45(31-36-52)42-19-9-4-10-20-42/h3-40H,1-2H3. The van der Waals surface area contributed by atoms with E-state index in [9.17, 15) is 0 Å². The van der Waals surface area contributed by atoms with Crippen LogP contribution in [0.3, 0.4) is 0 Å². The maximum atomic E-state index is 2.39. The Morgan fingerprint density at radius 2 is 0.632 bits per heavy atom. The topological polar surface area (TPSA) is 6.48 Å². The molecule has 0 saturated carbocycles. The van der Waals surface area contributed by atoms with Gasteiger partial charge >= 0.3 is 0 Å². The van der Waals surface area contributed by atoms with Gasteiger partial charge in [-0.15, -0.1) is 0 Å². The third-order valence-corrected chi connectivity index (χ3v) is 11.1. The van der Waals surface area contributed by atoms with Crippen LogP contribution in [0, 0.1) is 0 Å². The van der Waals surface area contributed by atoms with Gasteiger partial charge in [0.15, 0.2) is 0 Å². The van der Waals surface area contributed by atoms with E-state index in [-0.39, 0.29) is 5.41 Å². The lowest BCUT2D eigenvalue weighted by atomic mass is 9.77. The molecular formula is C55H44N2. The van der Waals surface area contributed by atoms with E-state index in [1.807, 2.05) is 0 Å². The van der Waals surface area contributed by atoms with E-state index in [1.54, 1.807) is 0 Å². The van der Waals surface area contributed by atoms with Gasteiger partial charge in [-0.25, -0.2) is 0 Å². The molecule has 0 atom stereocenters. The zero-order chi connectivity index (χ0) is 38.6. The lowest BCUT2D eigenvalue weighted by molar-refractivity contribution is 0.642. The summed E-state index contributed by atoms with van der Waals surface area (Å²) >= 11 is 0. The first kappa shape index (κ1) is 35.5. The summed E-state index contributed by atoms with van der Waals surface area (Å²) in [4.78, 5) is 4.78. The molecular weight excluding hydrogens is 689 g/mol. The average molecular weight is 733 g/mol. The molecule has 2 nitrogen and oxygen atoms in total. The Kier molecular flexibility index (Phi) is 9.68. The molecule has 0 fully saturated rings. The minimum Gasteiger partial charge on any atom is -0.310 e. The SMILES string of the molecule is CC(C)(c1cc(N(c2ccccc2)c2ccc(-c3ccccc3)cc2)cc(N(c2ccccc2)c2ccc(-c3ccccc3)cc2)c1)c1ccc2ccccc2c1. The van der Waals surface area contributed by atoms with E-state index in [0.29, 0.717) is 0 Å². The van der Waals surface area contributed by atoms with Gasteiger partial charge in [0.25, 0.3) is 0 Å². The Balaban J connectivity index is 1.25. The molecule has 0 bridgehead atoms. The second kappa shape index (κ2) is 15.5. The van der Waals surface area contributed by atoms with Crippen molar-refractivity contribution in [3.8, 4) is 22.3 Å². The van der Waals surface area contributed by atoms with Gasteiger partial charge in [0, 0.05) is 39.5 Å². The van der Waals surface area contributed by atoms with Gasteiger partial charge in [-0.2, -0.15) is 0 Å². The maximum Gasteiger partial charge on any atom is 0.0485 e. The van der Waals surface area contributed by atoms with Crippen LogP contribution in [-0.4, -0.2) is 0 Å². The van der Waals surface area contributed by atoms with Gasteiger partial charge < -0.3 is 9.80 Å². The molecule has 57 heavy (non-hydrogen) atoms. The largest absolute Gasteiger partial charge is 0.310 e. The summed E-state index contributed by atoms with van der Waals surface area (Å²) in [5.41, 5.74) is 13.4. The van der Waals surface area contributed by atoms with Crippen molar-refractivity contribution in [1.29, 1.82) is 0 Å². The molecule has 0 unspecified atom stereocenters. The molecule has 274 valence electrons. The van der Waals surface area contributed by atoms with Crippen LogP contribution in [-0.2, 0) is 5.41 Å². The first-order valence-corrected chi connectivity index (χ1v) is 19.7. The Morgan fingerprint density at radius 1 is 0.263 bits per heavy atom. The number of anilines is 6. The van der Waals surface area contributed by atoms with Gasteiger partial charge in [-0.3, -0.25) is 0 Å². The molecule has 0 amide bonds. The van der Waals surface area contributed by atoms with Crippen molar-refractivity contribution >= 4 is 44.9 Å². The third kappa shape index (κ3) is 7.34. The summed E-state index contributed by atoms with van der Waals surface area (Å²) in [5, 5.41) is 2.49. The van der Waals surface area contributed by atoms with Crippen LogP contribution in [0.25, 0.3) is 33.0 Å². The molecule has 0 heterocycles. The highest BCUT2D eigenvalue weighted by molar-refractivity contribution is 5.86. The second-order valence-corrected chi connectivity index (χ2v) is 15.1. The molecule has 0 saturated heterocycles. The Bertz CT molecular complexity index is 2580. The Labute approximate surface area is 336 Å². The minimum atomic E-state index is -0.339. The molecule has 9 aromatic carbocycles. The van der Waals surface area contributed by atoms with Crippen molar-refractivity contribution in [2.45, 2.75) is 19.3 Å². The lowest BCUT2D eigenvalue weighted by Crippen LogP contribution is -2.21. The molecule has 9 aromatic rings. The predicted molar refractivity (Wildman–Crippen MR) is 243 cm³/mol. The number of benzene rings is 9. The van der Waals surface area contributed by atoms with Gasteiger partial charge in [-0.1, -0.05) is 178 Å². The van der Waals surface area contributed by atoms with Crippen molar-refractivity contribution in [3.05, 3.63) is 242 Å². The fraction of sp³-hybridized carbons (Fsp3) is 0.0545. The molecule has 0 radical (unpaired) electrons. The molecule has 0 aromatic heterocycles. The number of fused-ring (bicyclic) bond motifs is 1. The highest BCUT2D eigenvalue weighted by atomic mass is 15.2. The van der Waals surface area contributed by atoms with Crippen molar-refractivity contribution in [3.63, 3.8) is 0 Å².